The lowest BCUT2D eigenvalue weighted by Crippen LogP contribution is -2.19. The molecule has 12 aromatic carbocycles. The average molecular weight is 867 g/mol. The van der Waals surface area contributed by atoms with Crippen LogP contribution in [0.4, 0.5) is 28.4 Å². The maximum absolute atomic E-state index is 2.52. The molecule has 68 heavy (non-hydrogen) atoms. The van der Waals surface area contributed by atoms with Crippen molar-refractivity contribution in [3.8, 4) is 22.3 Å². The second kappa shape index (κ2) is 16.6. The Bertz CT molecular complexity index is 3830. The number of aryl methyl sites for hydroxylation is 1. The molecule has 2 nitrogen and oxygen atoms in total. The van der Waals surface area contributed by atoms with E-state index in [0.29, 0.717) is 0 Å². The minimum atomic E-state index is 0.982. The van der Waals surface area contributed by atoms with Gasteiger partial charge >= 0.3 is 0 Å². The van der Waals surface area contributed by atoms with Gasteiger partial charge in [0.25, 0.3) is 0 Å². The summed E-state index contributed by atoms with van der Waals surface area (Å²) in [5, 5.41) is 12.1. The molecule has 13 rings (SSSR count). The van der Waals surface area contributed by atoms with Crippen LogP contribution in [0, 0.1) is 0 Å². The van der Waals surface area contributed by atoms with Gasteiger partial charge in [-0.15, -0.1) is 0 Å². The second-order valence-corrected chi connectivity index (χ2v) is 17.9. The molecule has 0 fully saturated rings. The lowest BCUT2D eigenvalue weighted by atomic mass is 9.85. The van der Waals surface area contributed by atoms with Gasteiger partial charge in [-0.05, 0) is 121 Å². The van der Waals surface area contributed by atoms with Crippen LogP contribution in [0.2, 0.25) is 0 Å². The fourth-order valence-corrected chi connectivity index (χ4v) is 11.0. The monoisotopic (exact) mass is 866 g/mol. The molecule has 0 aliphatic heterocycles. The molecule has 1 aliphatic rings. The lowest BCUT2D eigenvalue weighted by molar-refractivity contribution is 0.968. The number of rotatable bonds is 8. The Kier molecular flexibility index (Phi) is 9.68. The smallest absolute Gasteiger partial charge is 0.0540 e. The van der Waals surface area contributed by atoms with Crippen molar-refractivity contribution < 1.29 is 0 Å². The van der Waals surface area contributed by atoms with Gasteiger partial charge in [0.05, 0.1) is 17.1 Å². The van der Waals surface area contributed by atoms with Crippen LogP contribution in [0.5, 0.6) is 0 Å². The highest BCUT2D eigenvalue weighted by atomic mass is 15.2. The number of anilines is 5. The summed E-state index contributed by atoms with van der Waals surface area (Å²) in [6, 6.07) is 91.7. The Labute approximate surface area is 396 Å². The molecule has 0 radical (unpaired) electrons. The van der Waals surface area contributed by atoms with Crippen LogP contribution in [0.3, 0.4) is 0 Å². The number of hydrogen-bond acceptors (Lipinski definition) is 2. The Morgan fingerprint density at radius 2 is 0.706 bits per heavy atom. The SMILES string of the molecule is C1=C(N(c2ccc3c(-c4ccccc4)c4cc(N(c5cccc6ccccc56)c5cccc6ccccc56)ccc4c(-c4ccccc4)c3c2)c2cccc3ccccc23)c2ccccc2CC1. The predicted molar refractivity (Wildman–Crippen MR) is 291 cm³/mol. The van der Waals surface area contributed by atoms with Crippen molar-refractivity contribution >= 4 is 88.0 Å². The van der Waals surface area contributed by atoms with Gasteiger partial charge in [0, 0.05) is 38.8 Å². The summed E-state index contributed by atoms with van der Waals surface area (Å²) < 4.78 is 0. The number of benzene rings is 12. The van der Waals surface area contributed by atoms with Gasteiger partial charge in [-0.25, -0.2) is 0 Å². The first-order valence-corrected chi connectivity index (χ1v) is 23.7. The third-order valence-electron chi connectivity index (χ3n) is 14.0. The van der Waals surface area contributed by atoms with E-state index >= 15 is 0 Å². The van der Waals surface area contributed by atoms with Crippen LogP contribution in [0.25, 0.3) is 81.8 Å². The fraction of sp³-hybridized carbons (Fsp3) is 0.0303. The van der Waals surface area contributed by atoms with Gasteiger partial charge in [-0.1, -0.05) is 212 Å². The van der Waals surface area contributed by atoms with Crippen LogP contribution in [-0.4, -0.2) is 0 Å². The van der Waals surface area contributed by atoms with Gasteiger partial charge in [0.15, 0.2) is 0 Å². The summed E-state index contributed by atoms with van der Waals surface area (Å²) in [4.78, 5) is 5.00. The lowest BCUT2D eigenvalue weighted by Gasteiger charge is -2.33. The molecule has 0 bridgehead atoms. The Morgan fingerprint density at radius 1 is 0.294 bits per heavy atom. The van der Waals surface area contributed by atoms with Crippen LogP contribution in [0.15, 0.2) is 255 Å². The first-order valence-electron chi connectivity index (χ1n) is 23.7. The molecule has 0 saturated heterocycles. The van der Waals surface area contributed by atoms with Crippen molar-refractivity contribution in [1.29, 1.82) is 0 Å². The van der Waals surface area contributed by atoms with Crippen LogP contribution >= 0.6 is 0 Å². The van der Waals surface area contributed by atoms with Gasteiger partial charge < -0.3 is 9.80 Å². The van der Waals surface area contributed by atoms with Crippen molar-refractivity contribution in [3.63, 3.8) is 0 Å². The van der Waals surface area contributed by atoms with Crippen molar-refractivity contribution in [1.82, 2.24) is 0 Å². The van der Waals surface area contributed by atoms with E-state index in [2.05, 4.69) is 265 Å². The van der Waals surface area contributed by atoms with E-state index in [1.54, 1.807) is 0 Å². The minimum Gasteiger partial charge on any atom is -0.310 e. The summed E-state index contributed by atoms with van der Waals surface area (Å²) in [6.07, 6.45) is 4.46. The van der Waals surface area contributed by atoms with Gasteiger partial charge in [0.1, 0.15) is 0 Å². The van der Waals surface area contributed by atoms with Crippen molar-refractivity contribution in [2.75, 3.05) is 9.80 Å². The number of allylic oxidation sites excluding steroid dienone is 1. The Hall–Kier alpha value is -8.72. The topological polar surface area (TPSA) is 6.48 Å². The second-order valence-electron chi connectivity index (χ2n) is 17.9. The summed E-state index contributed by atoms with van der Waals surface area (Å²) in [5.74, 6) is 0. The maximum Gasteiger partial charge on any atom is 0.0540 e. The van der Waals surface area contributed by atoms with E-state index < -0.39 is 0 Å². The summed E-state index contributed by atoms with van der Waals surface area (Å²) in [6.45, 7) is 0. The average Bonchev–Trinajstić information content (AvgIpc) is 3.41. The van der Waals surface area contributed by atoms with E-state index in [-0.39, 0.29) is 0 Å². The fourth-order valence-electron chi connectivity index (χ4n) is 11.0. The molecule has 1 aliphatic carbocycles. The quantitative estimate of drug-likeness (QED) is 0.140. The molecule has 0 saturated carbocycles. The van der Waals surface area contributed by atoms with Gasteiger partial charge in [-0.3, -0.25) is 0 Å². The van der Waals surface area contributed by atoms with Crippen LogP contribution in [-0.2, 0) is 6.42 Å². The van der Waals surface area contributed by atoms with E-state index in [1.165, 1.54) is 98.6 Å². The van der Waals surface area contributed by atoms with Crippen molar-refractivity contribution in [2.24, 2.45) is 0 Å². The molecule has 0 spiro atoms. The summed E-state index contributed by atoms with van der Waals surface area (Å²) in [5.41, 5.74) is 14.4. The maximum atomic E-state index is 2.52. The largest absolute Gasteiger partial charge is 0.310 e. The molecule has 12 aromatic rings. The molecule has 2 heteroatoms. The summed E-state index contributed by atoms with van der Waals surface area (Å²) >= 11 is 0. The number of fused-ring (bicyclic) bond motifs is 6. The zero-order valence-electron chi connectivity index (χ0n) is 37.6. The zero-order valence-corrected chi connectivity index (χ0v) is 37.6. The molecule has 0 heterocycles. The van der Waals surface area contributed by atoms with Crippen LogP contribution in [0.1, 0.15) is 17.5 Å². The Morgan fingerprint density at radius 3 is 1.22 bits per heavy atom. The molecular formula is C66H46N2. The molecule has 320 valence electrons. The highest BCUT2D eigenvalue weighted by molar-refractivity contribution is 6.23. The molecule has 0 amide bonds. The third kappa shape index (κ3) is 6.64. The van der Waals surface area contributed by atoms with Crippen molar-refractivity contribution in [2.45, 2.75) is 12.8 Å². The Balaban J connectivity index is 1.12. The number of nitrogens with zero attached hydrogens (tertiary/aromatic N) is 2. The van der Waals surface area contributed by atoms with E-state index in [1.807, 2.05) is 0 Å². The normalized spacial score (nSPS) is 12.4. The third-order valence-corrected chi connectivity index (χ3v) is 14.0. The molecular weight excluding hydrogens is 821 g/mol. The highest BCUT2D eigenvalue weighted by Crippen LogP contribution is 2.50. The van der Waals surface area contributed by atoms with Gasteiger partial charge in [0.2, 0.25) is 0 Å². The standard InChI is InChI=1S/C66H46N2/c1-3-23-49(24-4-1)65-57-41-39-52(68(63-37-17-29-47-21-9-13-33-55(47)63)64-38-18-30-48-22-10-14-34-56(48)64)44-60(57)66(50-25-5-2-6-26-50)58-42-40-51(43-59(58)65)67(61-35-15-27-45-19-7-11-31-53(45)61)62-36-16-28-46-20-8-12-32-54(46)62/h1-17,19-29,31-44H,18,30H2. The predicted octanol–water partition coefficient (Wildman–Crippen LogP) is 18.4. The first-order chi connectivity index (χ1) is 33.8. The molecule has 0 aromatic heterocycles. The zero-order chi connectivity index (χ0) is 45.0. The van der Waals surface area contributed by atoms with E-state index in [4.69, 9.17) is 0 Å². The first kappa shape index (κ1) is 39.6. The highest BCUT2D eigenvalue weighted by Gasteiger charge is 2.26. The molecule has 0 atom stereocenters. The van der Waals surface area contributed by atoms with Gasteiger partial charge in [-0.2, -0.15) is 0 Å². The number of hydrogen-bond donors (Lipinski definition) is 0. The van der Waals surface area contributed by atoms with E-state index in [0.717, 1.165) is 35.6 Å². The summed E-state index contributed by atoms with van der Waals surface area (Å²) in [7, 11) is 0. The molecule has 0 N–H and O–H groups in total. The minimum absolute atomic E-state index is 0.982. The molecule has 0 unspecified atom stereocenters. The van der Waals surface area contributed by atoms with Crippen LogP contribution < -0.4 is 9.80 Å². The van der Waals surface area contributed by atoms with Crippen molar-refractivity contribution in [3.05, 3.63) is 266 Å². The van der Waals surface area contributed by atoms with E-state index in [9.17, 15) is 0 Å².